The second-order valence-corrected chi connectivity index (χ2v) is 3.26. The summed E-state index contributed by atoms with van der Waals surface area (Å²) in [7, 11) is 0. The summed E-state index contributed by atoms with van der Waals surface area (Å²) in [5, 5.41) is 0.910. The first-order chi connectivity index (χ1) is 6.18. The third-order valence-electron chi connectivity index (χ3n) is 1.66. The lowest BCUT2D eigenvalue weighted by Crippen LogP contribution is -2.07. The fraction of sp³-hybridized carbons (Fsp3) is 0. The Kier molecular flexibility index (Phi) is 1.98. The van der Waals surface area contributed by atoms with Gasteiger partial charge in [0.25, 0.3) is 5.56 Å². The van der Waals surface area contributed by atoms with Gasteiger partial charge in [0.1, 0.15) is 0 Å². The number of para-hydroxylation sites is 1. The summed E-state index contributed by atoms with van der Waals surface area (Å²) >= 11 is 11.4. The number of nitrogens with one attached hydrogen (secondary N) is 1. The van der Waals surface area contributed by atoms with Crippen molar-refractivity contribution in [3.8, 4) is 0 Å². The first kappa shape index (κ1) is 8.53. The van der Waals surface area contributed by atoms with E-state index in [0.29, 0.717) is 15.9 Å². The predicted molar refractivity (Wildman–Crippen MR) is 52.4 cm³/mol. The zero-order valence-electron chi connectivity index (χ0n) is 6.34. The van der Waals surface area contributed by atoms with E-state index in [1.807, 2.05) is 0 Å². The molecule has 1 aromatic heterocycles. The van der Waals surface area contributed by atoms with Gasteiger partial charge >= 0.3 is 0 Å². The molecule has 0 unspecified atom stereocenters. The first-order valence-electron chi connectivity index (χ1n) is 3.52. The first-order valence-corrected chi connectivity index (χ1v) is 4.28. The smallest absolute Gasteiger partial charge is 0.259 e. The van der Waals surface area contributed by atoms with Crippen molar-refractivity contribution in [3.05, 3.63) is 38.9 Å². The fourth-order valence-electron chi connectivity index (χ4n) is 1.10. The summed E-state index contributed by atoms with van der Waals surface area (Å²) in [6.45, 7) is 0. The highest BCUT2D eigenvalue weighted by molar-refractivity contribution is 6.35. The van der Waals surface area contributed by atoms with Gasteiger partial charge in [0.05, 0.1) is 15.9 Å². The number of fused-ring (bicyclic) bond motifs is 1. The van der Waals surface area contributed by atoms with E-state index in [4.69, 9.17) is 23.2 Å². The van der Waals surface area contributed by atoms with E-state index in [2.05, 4.69) is 9.97 Å². The molecule has 0 spiro atoms. The van der Waals surface area contributed by atoms with E-state index in [-0.39, 0.29) is 10.8 Å². The number of aromatic amines is 1. The molecule has 66 valence electrons. The maximum Gasteiger partial charge on any atom is 0.259 e. The number of rotatable bonds is 0. The van der Waals surface area contributed by atoms with Crippen LogP contribution in [0.4, 0.5) is 0 Å². The molecule has 0 radical (unpaired) electrons. The zero-order chi connectivity index (χ0) is 9.42. The van der Waals surface area contributed by atoms with Crippen molar-refractivity contribution in [2.24, 2.45) is 0 Å². The van der Waals surface area contributed by atoms with Crippen molar-refractivity contribution in [2.45, 2.75) is 0 Å². The summed E-state index contributed by atoms with van der Waals surface area (Å²) in [5.41, 5.74) is 0.149. The van der Waals surface area contributed by atoms with Crippen LogP contribution in [0.2, 0.25) is 10.3 Å². The molecular formula is C8H4Cl2N2O. The molecule has 2 aromatic rings. The molecule has 0 fully saturated rings. The normalized spacial score (nSPS) is 10.6. The van der Waals surface area contributed by atoms with E-state index in [9.17, 15) is 4.79 Å². The Morgan fingerprint density at radius 1 is 1.31 bits per heavy atom. The molecule has 5 heteroatoms. The van der Waals surface area contributed by atoms with E-state index in [1.54, 1.807) is 18.2 Å². The number of aromatic nitrogens is 2. The quantitative estimate of drug-likeness (QED) is 0.685. The second kappa shape index (κ2) is 3.01. The van der Waals surface area contributed by atoms with Gasteiger partial charge in [-0.3, -0.25) is 9.78 Å². The van der Waals surface area contributed by atoms with E-state index >= 15 is 0 Å². The van der Waals surface area contributed by atoms with Crippen LogP contribution in [0.3, 0.4) is 0 Å². The molecule has 1 aromatic carbocycles. The van der Waals surface area contributed by atoms with Gasteiger partial charge in [0.2, 0.25) is 5.28 Å². The lowest BCUT2D eigenvalue weighted by Gasteiger charge is -1.97. The van der Waals surface area contributed by atoms with Gasteiger partial charge < -0.3 is 0 Å². The van der Waals surface area contributed by atoms with Crippen LogP contribution in [0.25, 0.3) is 10.9 Å². The lowest BCUT2D eigenvalue weighted by atomic mass is 10.2. The highest BCUT2D eigenvalue weighted by Crippen LogP contribution is 2.18. The monoisotopic (exact) mass is 214 g/mol. The third-order valence-corrected chi connectivity index (χ3v) is 2.14. The average Bonchev–Trinajstić information content (AvgIpc) is 2.07. The number of hydrogen-bond donors (Lipinski definition) is 1. The Morgan fingerprint density at radius 3 is 2.85 bits per heavy atom. The molecule has 2 rings (SSSR count). The molecule has 3 nitrogen and oxygen atoms in total. The SMILES string of the molecule is O=c1[nH]c(Cl)nc2c(Cl)cccc12. The van der Waals surface area contributed by atoms with Crippen molar-refractivity contribution >= 4 is 34.1 Å². The highest BCUT2D eigenvalue weighted by Gasteiger charge is 2.04. The summed E-state index contributed by atoms with van der Waals surface area (Å²) in [6, 6.07) is 4.99. The van der Waals surface area contributed by atoms with Gasteiger partial charge in [-0.1, -0.05) is 17.7 Å². The average molecular weight is 215 g/mol. The minimum atomic E-state index is -0.280. The molecule has 0 aliphatic heterocycles. The number of halogens is 2. The molecule has 0 saturated carbocycles. The molecule has 0 bridgehead atoms. The van der Waals surface area contributed by atoms with Crippen LogP contribution in [0, 0.1) is 0 Å². The highest BCUT2D eigenvalue weighted by atomic mass is 35.5. The third kappa shape index (κ3) is 1.41. The largest absolute Gasteiger partial charge is 0.297 e. The number of hydrogen-bond acceptors (Lipinski definition) is 2. The Labute approximate surface area is 83.3 Å². The lowest BCUT2D eigenvalue weighted by molar-refractivity contribution is 1.17. The van der Waals surface area contributed by atoms with Crippen LogP contribution in [0.1, 0.15) is 0 Å². The van der Waals surface area contributed by atoms with Crippen LogP contribution in [-0.4, -0.2) is 9.97 Å². The van der Waals surface area contributed by atoms with Crippen molar-refractivity contribution in [1.29, 1.82) is 0 Å². The Balaban J connectivity index is 3.03. The Morgan fingerprint density at radius 2 is 2.08 bits per heavy atom. The van der Waals surface area contributed by atoms with Gasteiger partial charge in [0.15, 0.2) is 0 Å². The van der Waals surface area contributed by atoms with Crippen LogP contribution >= 0.6 is 23.2 Å². The molecule has 0 aliphatic rings. The summed E-state index contributed by atoms with van der Waals surface area (Å²) in [4.78, 5) is 17.6. The minimum Gasteiger partial charge on any atom is -0.297 e. The molecule has 1 heterocycles. The van der Waals surface area contributed by atoms with Crippen LogP contribution in [0.5, 0.6) is 0 Å². The van der Waals surface area contributed by atoms with Crippen molar-refractivity contribution in [2.75, 3.05) is 0 Å². The van der Waals surface area contributed by atoms with Crippen LogP contribution in [0.15, 0.2) is 23.0 Å². The predicted octanol–water partition coefficient (Wildman–Crippen LogP) is 2.23. The summed E-state index contributed by atoms with van der Waals surface area (Å²) in [6.07, 6.45) is 0. The van der Waals surface area contributed by atoms with Crippen molar-refractivity contribution in [3.63, 3.8) is 0 Å². The molecule has 0 amide bonds. The number of H-pyrrole nitrogens is 1. The molecule has 0 saturated heterocycles. The number of benzene rings is 1. The maximum atomic E-state index is 11.3. The van der Waals surface area contributed by atoms with Crippen molar-refractivity contribution in [1.82, 2.24) is 9.97 Å². The van der Waals surface area contributed by atoms with Gasteiger partial charge in [-0.25, -0.2) is 4.98 Å². The fourth-order valence-corrected chi connectivity index (χ4v) is 1.49. The van der Waals surface area contributed by atoms with E-state index in [1.165, 1.54) is 0 Å². The van der Waals surface area contributed by atoms with E-state index < -0.39 is 0 Å². The Hall–Kier alpha value is -1.06. The topological polar surface area (TPSA) is 45.8 Å². The molecule has 13 heavy (non-hydrogen) atoms. The number of nitrogens with zero attached hydrogens (tertiary/aromatic N) is 1. The zero-order valence-corrected chi connectivity index (χ0v) is 7.86. The van der Waals surface area contributed by atoms with Crippen molar-refractivity contribution < 1.29 is 0 Å². The maximum absolute atomic E-state index is 11.3. The molecule has 0 atom stereocenters. The van der Waals surface area contributed by atoms with Crippen LogP contribution < -0.4 is 5.56 Å². The summed E-state index contributed by atoms with van der Waals surface area (Å²) in [5.74, 6) is 0. The molecule has 1 N–H and O–H groups in total. The molecule has 0 aliphatic carbocycles. The van der Waals surface area contributed by atoms with E-state index in [0.717, 1.165) is 0 Å². The standard InChI is InChI=1S/C8H4Cl2N2O/c9-5-3-1-2-4-6(5)11-8(10)12-7(4)13/h1-3H,(H,11,12,13). The second-order valence-electron chi connectivity index (χ2n) is 2.49. The summed E-state index contributed by atoms with van der Waals surface area (Å²) < 4.78 is 0. The van der Waals surface area contributed by atoms with Gasteiger partial charge in [-0.05, 0) is 23.7 Å². The van der Waals surface area contributed by atoms with Gasteiger partial charge in [-0.2, -0.15) is 0 Å². The van der Waals surface area contributed by atoms with Crippen LogP contribution in [-0.2, 0) is 0 Å². The van der Waals surface area contributed by atoms with Gasteiger partial charge in [0, 0.05) is 0 Å². The van der Waals surface area contributed by atoms with Gasteiger partial charge in [-0.15, -0.1) is 0 Å². The molecular weight excluding hydrogens is 211 g/mol. The minimum absolute atomic E-state index is 0.0469. The Bertz CT molecular complexity index is 521.